The Morgan fingerprint density at radius 3 is 2.48 bits per heavy atom. The molecule has 0 amide bonds. The van der Waals surface area contributed by atoms with Crippen LogP contribution in [0, 0.1) is 6.92 Å². The van der Waals surface area contributed by atoms with Gasteiger partial charge < -0.3 is 10.6 Å². The summed E-state index contributed by atoms with van der Waals surface area (Å²) in [6.07, 6.45) is -4.56. The van der Waals surface area contributed by atoms with E-state index in [1.165, 1.54) is 7.05 Å². The molecule has 2 N–H and O–H groups in total. The maximum absolute atomic E-state index is 12.8. The fraction of sp³-hybridized carbons (Fsp3) is 0.231. The Morgan fingerprint density at radius 1 is 1.19 bits per heavy atom. The molecular formula is C13H12ClF3N4. The number of alkyl halides is 3. The van der Waals surface area contributed by atoms with Gasteiger partial charge >= 0.3 is 6.18 Å². The zero-order valence-electron chi connectivity index (χ0n) is 11.2. The number of halogens is 4. The van der Waals surface area contributed by atoms with Gasteiger partial charge in [-0.3, -0.25) is 0 Å². The van der Waals surface area contributed by atoms with Crippen LogP contribution in [0.3, 0.4) is 0 Å². The number of aryl methyl sites for hydroxylation is 1. The average molecular weight is 317 g/mol. The number of hydrogen-bond donors (Lipinski definition) is 2. The Balaban J connectivity index is 2.45. The van der Waals surface area contributed by atoms with Crippen molar-refractivity contribution in [2.24, 2.45) is 0 Å². The predicted octanol–water partition coefficient (Wildman–Crippen LogP) is 4.24. The van der Waals surface area contributed by atoms with Crippen LogP contribution in [0.4, 0.5) is 30.6 Å². The molecule has 0 aliphatic heterocycles. The topological polar surface area (TPSA) is 49.8 Å². The normalized spacial score (nSPS) is 11.3. The van der Waals surface area contributed by atoms with Crippen molar-refractivity contribution in [2.75, 3.05) is 17.7 Å². The van der Waals surface area contributed by atoms with E-state index in [9.17, 15) is 13.2 Å². The molecule has 0 aliphatic rings. The molecule has 0 radical (unpaired) electrons. The predicted molar refractivity (Wildman–Crippen MR) is 76.1 cm³/mol. The van der Waals surface area contributed by atoms with Crippen LogP contribution >= 0.6 is 11.6 Å². The van der Waals surface area contributed by atoms with Gasteiger partial charge in [-0.2, -0.15) is 18.2 Å². The van der Waals surface area contributed by atoms with Crippen LogP contribution in [0.5, 0.6) is 0 Å². The summed E-state index contributed by atoms with van der Waals surface area (Å²) < 4.78 is 38.4. The summed E-state index contributed by atoms with van der Waals surface area (Å²) in [7, 11) is 1.44. The molecule has 0 saturated carbocycles. The second-order valence-corrected chi connectivity index (χ2v) is 4.67. The van der Waals surface area contributed by atoms with Crippen molar-refractivity contribution in [3.8, 4) is 0 Å². The molecule has 2 aromatic rings. The van der Waals surface area contributed by atoms with Crippen molar-refractivity contribution in [1.29, 1.82) is 0 Å². The molecular weight excluding hydrogens is 305 g/mol. The van der Waals surface area contributed by atoms with Gasteiger partial charge in [-0.1, -0.05) is 23.7 Å². The molecule has 112 valence electrons. The summed E-state index contributed by atoms with van der Waals surface area (Å²) >= 11 is 6.04. The number of benzene rings is 1. The van der Waals surface area contributed by atoms with Crippen molar-refractivity contribution in [3.05, 3.63) is 40.5 Å². The van der Waals surface area contributed by atoms with Gasteiger partial charge in [0.15, 0.2) is 5.69 Å². The van der Waals surface area contributed by atoms with Crippen molar-refractivity contribution in [2.45, 2.75) is 13.1 Å². The summed E-state index contributed by atoms with van der Waals surface area (Å²) in [5.74, 6) is -0.116. The molecule has 0 atom stereocenters. The van der Waals surface area contributed by atoms with Crippen LogP contribution < -0.4 is 10.6 Å². The van der Waals surface area contributed by atoms with Crippen molar-refractivity contribution >= 4 is 29.1 Å². The molecule has 8 heteroatoms. The van der Waals surface area contributed by atoms with Crippen molar-refractivity contribution in [1.82, 2.24) is 9.97 Å². The van der Waals surface area contributed by atoms with Crippen LogP contribution in [0.2, 0.25) is 5.02 Å². The van der Waals surface area contributed by atoms with E-state index in [0.29, 0.717) is 10.7 Å². The zero-order chi connectivity index (χ0) is 15.6. The highest BCUT2D eigenvalue weighted by molar-refractivity contribution is 6.33. The first kappa shape index (κ1) is 15.4. The summed E-state index contributed by atoms with van der Waals surface area (Å²) in [5, 5.41) is 5.70. The lowest BCUT2D eigenvalue weighted by Gasteiger charge is -2.13. The lowest BCUT2D eigenvalue weighted by atomic mass is 10.2. The molecule has 4 nitrogen and oxygen atoms in total. The van der Waals surface area contributed by atoms with Crippen LogP contribution in [-0.4, -0.2) is 17.0 Å². The molecule has 0 spiro atoms. The van der Waals surface area contributed by atoms with E-state index in [2.05, 4.69) is 20.6 Å². The van der Waals surface area contributed by atoms with Crippen LogP contribution in [-0.2, 0) is 6.18 Å². The largest absolute Gasteiger partial charge is 0.433 e. The quantitative estimate of drug-likeness (QED) is 0.889. The van der Waals surface area contributed by atoms with Crippen LogP contribution in [0.1, 0.15) is 11.3 Å². The minimum atomic E-state index is -4.56. The van der Waals surface area contributed by atoms with Crippen LogP contribution in [0.15, 0.2) is 24.3 Å². The Labute approximate surface area is 124 Å². The minimum Gasteiger partial charge on any atom is -0.357 e. The molecule has 21 heavy (non-hydrogen) atoms. The highest BCUT2D eigenvalue weighted by Crippen LogP contribution is 2.32. The Kier molecular flexibility index (Phi) is 4.22. The Bertz CT molecular complexity index is 638. The SMILES string of the molecule is CNc1nc(Nc2c(C)cccc2Cl)cc(C(F)(F)F)n1. The van der Waals surface area contributed by atoms with E-state index in [1.807, 2.05) is 0 Å². The second kappa shape index (κ2) is 5.77. The van der Waals surface area contributed by atoms with E-state index in [1.54, 1.807) is 25.1 Å². The molecule has 0 fully saturated rings. The van der Waals surface area contributed by atoms with E-state index in [4.69, 9.17) is 11.6 Å². The van der Waals surface area contributed by atoms with Gasteiger partial charge in [0.25, 0.3) is 0 Å². The number of nitrogens with zero attached hydrogens (tertiary/aromatic N) is 2. The zero-order valence-corrected chi connectivity index (χ0v) is 12.0. The van der Waals surface area contributed by atoms with Gasteiger partial charge in [0.05, 0.1) is 10.7 Å². The number of anilines is 3. The Hall–Kier alpha value is -2.02. The maximum atomic E-state index is 12.8. The summed E-state index contributed by atoms with van der Waals surface area (Å²) in [5.41, 5.74) is 0.266. The van der Waals surface area contributed by atoms with Gasteiger partial charge in [0.2, 0.25) is 5.95 Å². The third-order valence-electron chi connectivity index (χ3n) is 2.72. The monoisotopic (exact) mass is 316 g/mol. The lowest BCUT2D eigenvalue weighted by molar-refractivity contribution is -0.141. The smallest absolute Gasteiger partial charge is 0.357 e. The number of nitrogens with one attached hydrogen (secondary N) is 2. The number of para-hydroxylation sites is 1. The third kappa shape index (κ3) is 3.55. The first-order chi connectivity index (χ1) is 9.81. The maximum Gasteiger partial charge on any atom is 0.433 e. The molecule has 1 aromatic heterocycles. The first-order valence-electron chi connectivity index (χ1n) is 5.97. The summed E-state index contributed by atoms with van der Waals surface area (Å²) in [6, 6.07) is 6.02. The molecule has 0 unspecified atom stereocenters. The lowest BCUT2D eigenvalue weighted by Crippen LogP contribution is -2.12. The van der Waals surface area contributed by atoms with E-state index >= 15 is 0 Å². The summed E-state index contributed by atoms with van der Waals surface area (Å²) in [4.78, 5) is 7.34. The van der Waals surface area contributed by atoms with Gasteiger partial charge in [-0.25, -0.2) is 4.98 Å². The first-order valence-corrected chi connectivity index (χ1v) is 6.35. The highest BCUT2D eigenvalue weighted by atomic mass is 35.5. The van der Waals surface area contributed by atoms with Gasteiger partial charge in [0.1, 0.15) is 5.82 Å². The molecule has 0 bridgehead atoms. The van der Waals surface area contributed by atoms with Gasteiger partial charge in [0, 0.05) is 13.1 Å². The van der Waals surface area contributed by atoms with E-state index < -0.39 is 11.9 Å². The van der Waals surface area contributed by atoms with Gasteiger partial charge in [-0.15, -0.1) is 0 Å². The molecule has 1 heterocycles. The number of hydrogen-bond acceptors (Lipinski definition) is 4. The van der Waals surface area contributed by atoms with Crippen LogP contribution in [0.25, 0.3) is 0 Å². The van der Waals surface area contributed by atoms with Gasteiger partial charge in [-0.05, 0) is 18.6 Å². The fourth-order valence-electron chi connectivity index (χ4n) is 1.69. The number of rotatable bonds is 3. The molecule has 2 rings (SSSR count). The minimum absolute atomic E-state index is 0.0119. The second-order valence-electron chi connectivity index (χ2n) is 4.27. The molecule has 1 aromatic carbocycles. The molecule has 0 aliphatic carbocycles. The number of aromatic nitrogens is 2. The fourth-order valence-corrected chi connectivity index (χ4v) is 1.96. The highest BCUT2D eigenvalue weighted by Gasteiger charge is 2.33. The standard InChI is InChI=1S/C13H12ClF3N4/c1-7-4-3-5-8(14)11(7)20-10-6-9(13(15,16)17)19-12(18-2)21-10/h3-6H,1-2H3,(H2,18,19,20,21). The average Bonchev–Trinajstić information content (AvgIpc) is 2.42. The molecule has 0 saturated heterocycles. The van der Waals surface area contributed by atoms with Crippen molar-refractivity contribution in [3.63, 3.8) is 0 Å². The third-order valence-corrected chi connectivity index (χ3v) is 3.03. The summed E-state index contributed by atoms with van der Waals surface area (Å²) in [6.45, 7) is 1.79. The van der Waals surface area contributed by atoms with E-state index in [0.717, 1.165) is 11.6 Å². The Morgan fingerprint density at radius 2 is 1.90 bits per heavy atom. The van der Waals surface area contributed by atoms with Crippen molar-refractivity contribution < 1.29 is 13.2 Å². The van der Waals surface area contributed by atoms with E-state index in [-0.39, 0.29) is 11.8 Å².